The zero-order valence-electron chi connectivity index (χ0n) is 20.9. The van der Waals surface area contributed by atoms with Crippen molar-refractivity contribution >= 4 is 50.6 Å². The van der Waals surface area contributed by atoms with E-state index in [1.54, 1.807) is 0 Å². The Morgan fingerprint density at radius 2 is 0.974 bits per heavy atom. The predicted molar refractivity (Wildman–Crippen MR) is 163 cm³/mol. The summed E-state index contributed by atoms with van der Waals surface area (Å²) < 4.78 is 2.43. The average molecular weight is 500 g/mol. The molecule has 0 radical (unpaired) electrons. The van der Waals surface area contributed by atoms with E-state index in [1.807, 2.05) is 0 Å². The van der Waals surface area contributed by atoms with Crippen molar-refractivity contribution in [1.29, 1.82) is 0 Å². The molecule has 0 unspecified atom stereocenters. The zero-order valence-corrected chi connectivity index (χ0v) is 21.9. The van der Waals surface area contributed by atoms with E-state index < -0.39 is 8.07 Å². The standard InChI is InChI=1S/C36H25NSi/c1-4-14-26(15-5-1)37-33-22-12-10-20-29(33)31-25-36-32(24-34(31)37)30-21-11-13-23-35(30)38(36,27-16-6-2-7-17-27)28-18-8-3-9-19-28/h1-25H. The van der Waals surface area contributed by atoms with Gasteiger partial charge in [-0.05, 0) is 56.1 Å². The van der Waals surface area contributed by atoms with Crippen LogP contribution in [0, 0.1) is 0 Å². The molecular formula is C36H25NSi. The minimum atomic E-state index is -2.51. The monoisotopic (exact) mass is 499 g/mol. The molecule has 1 aliphatic heterocycles. The van der Waals surface area contributed by atoms with E-state index in [0.29, 0.717) is 0 Å². The minimum absolute atomic E-state index is 1.19. The molecule has 0 atom stereocenters. The normalized spacial score (nSPS) is 13.5. The lowest BCUT2D eigenvalue weighted by atomic mass is 10.0. The molecule has 2 heteroatoms. The van der Waals surface area contributed by atoms with Crippen LogP contribution in [0.3, 0.4) is 0 Å². The maximum atomic E-state index is 2.54. The van der Waals surface area contributed by atoms with Crippen molar-refractivity contribution in [3.8, 4) is 16.8 Å². The highest BCUT2D eigenvalue weighted by Crippen LogP contribution is 2.37. The second-order valence-electron chi connectivity index (χ2n) is 10.1. The Hall–Kier alpha value is -4.66. The lowest BCUT2D eigenvalue weighted by Crippen LogP contribution is -2.72. The summed E-state index contributed by atoms with van der Waals surface area (Å²) in [5.74, 6) is 0. The first kappa shape index (κ1) is 21.4. The van der Waals surface area contributed by atoms with Gasteiger partial charge in [0.2, 0.25) is 0 Å². The molecule has 0 N–H and O–H groups in total. The van der Waals surface area contributed by atoms with Gasteiger partial charge in [0.1, 0.15) is 0 Å². The molecule has 0 fully saturated rings. The highest BCUT2D eigenvalue weighted by Gasteiger charge is 2.48. The molecule has 1 aromatic heterocycles. The Morgan fingerprint density at radius 3 is 1.68 bits per heavy atom. The maximum absolute atomic E-state index is 2.54. The molecule has 1 aliphatic rings. The van der Waals surface area contributed by atoms with Gasteiger partial charge in [-0.25, -0.2) is 0 Å². The zero-order chi connectivity index (χ0) is 25.1. The number of rotatable bonds is 3. The van der Waals surface area contributed by atoms with Crippen LogP contribution < -0.4 is 20.7 Å². The fourth-order valence-corrected chi connectivity index (χ4v) is 12.0. The largest absolute Gasteiger partial charge is 0.309 e. The van der Waals surface area contributed by atoms with E-state index in [0.717, 1.165) is 0 Å². The van der Waals surface area contributed by atoms with Gasteiger partial charge in [-0.1, -0.05) is 127 Å². The van der Waals surface area contributed by atoms with Crippen LogP contribution in [0.25, 0.3) is 38.6 Å². The SMILES string of the molecule is c1ccc(-n2c3ccccc3c3cc4c(cc32)-c2ccccc2[Si]4(c2ccccc2)c2ccccc2)cc1. The van der Waals surface area contributed by atoms with Crippen molar-refractivity contribution in [3.05, 3.63) is 152 Å². The van der Waals surface area contributed by atoms with Gasteiger partial charge in [0, 0.05) is 16.5 Å². The van der Waals surface area contributed by atoms with E-state index in [2.05, 4.69) is 156 Å². The Labute approximate surface area is 223 Å². The molecule has 2 heterocycles. The number of hydrogen-bond donors (Lipinski definition) is 0. The lowest BCUT2D eigenvalue weighted by Gasteiger charge is -2.31. The first-order chi connectivity index (χ1) is 18.9. The number of fused-ring (bicyclic) bond motifs is 6. The molecule has 0 spiro atoms. The van der Waals surface area contributed by atoms with Crippen LogP contribution in [0.15, 0.2) is 152 Å². The molecule has 0 saturated heterocycles. The van der Waals surface area contributed by atoms with Crippen LogP contribution in [0.4, 0.5) is 0 Å². The van der Waals surface area contributed by atoms with Crippen molar-refractivity contribution in [2.24, 2.45) is 0 Å². The van der Waals surface area contributed by atoms with Crippen molar-refractivity contribution in [3.63, 3.8) is 0 Å². The first-order valence-corrected chi connectivity index (χ1v) is 15.2. The lowest BCUT2D eigenvalue weighted by molar-refractivity contribution is 1.18. The van der Waals surface area contributed by atoms with Crippen molar-refractivity contribution in [2.45, 2.75) is 0 Å². The third-order valence-corrected chi connectivity index (χ3v) is 13.1. The molecule has 0 aliphatic carbocycles. The molecule has 38 heavy (non-hydrogen) atoms. The smallest absolute Gasteiger partial charge is 0.180 e. The summed E-state index contributed by atoms with van der Waals surface area (Å²) in [6.45, 7) is 0. The summed E-state index contributed by atoms with van der Waals surface area (Å²) in [7, 11) is -2.51. The van der Waals surface area contributed by atoms with Gasteiger partial charge in [0.15, 0.2) is 8.07 Å². The second-order valence-corrected chi connectivity index (χ2v) is 13.9. The molecule has 0 bridgehead atoms. The van der Waals surface area contributed by atoms with Crippen LogP contribution in [-0.4, -0.2) is 12.6 Å². The molecule has 8 rings (SSSR count). The minimum Gasteiger partial charge on any atom is -0.309 e. The van der Waals surface area contributed by atoms with Crippen LogP contribution >= 0.6 is 0 Å². The second kappa shape index (κ2) is 8.17. The van der Waals surface area contributed by atoms with Crippen LogP contribution in [-0.2, 0) is 0 Å². The van der Waals surface area contributed by atoms with E-state index in [1.165, 1.54) is 59.4 Å². The van der Waals surface area contributed by atoms with E-state index in [9.17, 15) is 0 Å². The van der Waals surface area contributed by atoms with E-state index in [4.69, 9.17) is 0 Å². The Kier molecular flexibility index (Phi) is 4.61. The molecule has 178 valence electrons. The topological polar surface area (TPSA) is 4.93 Å². The van der Waals surface area contributed by atoms with Crippen LogP contribution in [0.5, 0.6) is 0 Å². The van der Waals surface area contributed by atoms with Gasteiger partial charge in [-0.3, -0.25) is 0 Å². The highest BCUT2D eigenvalue weighted by molar-refractivity contribution is 7.22. The summed E-state index contributed by atoms with van der Waals surface area (Å²) >= 11 is 0. The highest BCUT2D eigenvalue weighted by atomic mass is 28.3. The Bertz CT molecular complexity index is 1910. The quantitative estimate of drug-likeness (QED) is 0.257. The van der Waals surface area contributed by atoms with Crippen molar-refractivity contribution in [2.75, 3.05) is 0 Å². The van der Waals surface area contributed by atoms with Gasteiger partial charge in [-0.15, -0.1) is 0 Å². The van der Waals surface area contributed by atoms with Gasteiger partial charge < -0.3 is 4.57 Å². The van der Waals surface area contributed by atoms with Crippen LogP contribution in [0.2, 0.25) is 0 Å². The van der Waals surface area contributed by atoms with Crippen molar-refractivity contribution < 1.29 is 0 Å². The Morgan fingerprint density at radius 1 is 0.395 bits per heavy atom. The summed E-state index contributed by atoms with van der Waals surface area (Å²) in [5.41, 5.74) is 6.44. The van der Waals surface area contributed by atoms with Gasteiger partial charge in [0.25, 0.3) is 0 Å². The van der Waals surface area contributed by atoms with Crippen LogP contribution in [0.1, 0.15) is 0 Å². The summed E-state index contributed by atoms with van der Waals surface area (Å²) in [6, 6.07) is 56.2. The number of aromatic nitrogens is 1. The molecule has 6 aromatic carbocycles. The number of hydrogen-bond acceptors (Lipinski definition) is 0. The number of benzene rings is 6. The first-order valence-electron chi connectivity index (χ1n) is 13.2. The molecule has 1 nitrogen and oxygen atoms in total. The fourth-order valence-electron chi connectivity index (χ4n) is 6.76. The third-order valence-electron chi connectivity index (χ3n) is 8.27. The van der Waals surface area contributed by atoms with E-state index >= 15 is 0 Å². The summed E-state index contributed by atoms with van der Waals surface area (Å²) in [5, 5.41) is 8.45. The summed E-state index contributed by atoms with van der Waals surface area (Å²) in [4.78, 5) is 0. The maximum Gasteiger partial charge on any atom is 0.180 e. The van der Waals surface area contributed by atoms with Gasteiger partial charge in [-0.2, -0.15) is 0 Å². The third kappa shape index (κ3) is 2.81. The fraction of sp³-hybridized carbons (Fsp3) is 0. The predicted octanol–water partition coefficient (Wildman–Crippen LogP) is 6.14. The molecule has 7 aromatic rings. The Balaban J connectivity index is 1.57. The van der Waals surface area contributed by atoms with Gasteiger partial charge >= 0.3 is 0 Å². The number of nitrogens with zero attached hydrogens (tertiary/aromatic N) is 1. The average Bonchev–Trinajstić information content (AvgIpc) is 3.48. The van der Waals surface area contributed by atoms with Gasteiger partial charge in [0.05, 0.1) is 11.0 Å². The summed E-state index contributed by atoms with van der Waals surface area (Å²) in [6.07, 6.45) is 0. The molecule has 0 amide bonds. The molecular weight excluding hydrogens is 474 g/mol. The molecule has 0 saturated carbocycles. The van der Waals surface area contributed by atoms with Crippen molar-refractivity contribution in [1.82, 2.24) is 4.57 Å². The van der Waals surface area contributed by atoms with E-state index in [-0.39, 0.29) is 0 Å². The number of para-hydroxylation sites is 2.